The van der Waals surface area contributed by atoms with Gasteiger partial charge in [0.25, 0.3) is 0 Å². The Hall–Kier alpha value is -2.95. The molecule has 25 heavy (non-hydrogen) atoms. The SMILES string of the molecule is CCc1ccc(C(=O)CCC(=O)NCc2ccc(C(=O)O)cc2)cc1. The molecule has 0 saturated heterocycles. The van der Waals surface area contributed by atoms with Gasteiger partial charge < -0.3 is 10.4 Å². The highest BCUT2D eigenvalue weighted by atomic mass is 16.4. The Morgan fingerprint density at radius 1 is 0.840 bits per heavy atom. The molecule has 5 heteroatoms. The summed E-state index contributed by atoms with van der Waals surface area (Å²) >= 11 is 0. The van der Waals surface area contributed by atoms with E-state index >= 15 is 0 Å². The fourth-order valence-electron chi connectivity index (χ4n) is 2.35. The van der Waals surface area contributed by atoms with E-state index in [1.807, 2.05) is 12.1 Å². The Bertz CT molecular complexity index is 748. The maximum absolute atomic E-state index is 12.1. The number of amides is 1. The van der Waals surface area contributed by atoms with Crippen LogP contribution >= 0.6 is 0 Å². The summed E-state index contributed by atoms with van der Waals surface area (Å²) in [7, 11) is 0. The lowest BCUT2D eigenvalue weighted by atomic mass is 10.0. The van der Waals surface area contributed by atoms with E-state index in [0.29, 0.717) is 12.1 Å². The number of nitrogens with one attached hydrogen (secondary N) is 1. The second kappa shape index (κ2) is 8.78. The number of carbonyl (C=O) groups is 3. The lowest BCUT2D eigenvalue weighted by Crippen LogP contribution is -2.23. The van der Waals surface area contributed by atoms with Gasteiger partial charge in [0.05, 0.1) is 5.56 Å². The van der Waals surface area contributed by atoms with Crippen LogP contribution in [0.4, 0.5) is 0 Å². The largest absolute Gasteiger partial charge is 0.478 e. The van der Waals surface area contributed by atoms with Crippen molar-refractivity contribution < 1.29 is 19.5 Å². The molecule has 0 unspecified atom stereocenters. The van der Waals surface area contributed by atoms with Crippen LogP contribution in [-0.4, -0.2) is 22.8 Å². The van der Waals surface area contributed by atoms with E-state index in [9.17, 15) is 14.4 Å². The molecule has 2 N–H and O–H groups in total. The number of rotatable bonds is 8. The van der Waals surface area contributed by atoms with Gasteiger partial charge >= 0.3 is 5.97 Å². The van der Waals surface area contributed by atoms with Crippen molar-refractivity contribution >= 4 is 17.7 Å². The van der Waals surface area contributed by atoms with Crippen LogP contribution in [0.25, 0.3) is 0 Å². The number of carboxylic acid groups (broad SMARTS) is 1. The first-order valence-electron chi connectivity index (χ1n) is 8.20. The minimum Gasteiger partial charge on any atom is -0.478 e. The van der Waals surface area contributed by atoms with E-state index in [-0.39, 0.29) is 30.1 Å². The summed E-state index contributed by atoms with van der Waals surface area (Å²) in [5.41, 5.74) is 2.80. The number of aromatic carboxylic acids is 1. The minimum absolute atomic E-state index is 0.0522. The smallest absolute Gasteiger partial charge is 0.335 e. The average Bonchev–Trinajstić information content (AvgIpc) is 2.64. The number of benzene rings is 2. The molecule has 5 nitrogen and oxygen atoms in total. The van der Waals surface area contributed by atoms with Gasteiger partial charge in [0.1, 0.15) is 0 Å². The van der Waals surface area contributed by atoms with Gasteiger partial charge in [-0.25, -0.2) is 4.79 Å². The Labute approximate surface area is 146 Å². The Kier molecular flexibility index (Phi) is 6.46. The molecule has 0 heterocycles. The maximum atomic E-state index is 12.1. The number of carboxylic acids is 1. The molecule has 130 valence electrons. The first-order chi connectivity index (χ1) is 12.0. The van der Waals surface area contributed by atoms with Crippen LogP contribution in [0.2, 0.25) is 0 Å². The van der Waals surface area contributed by atoms with Crippen molar-refractivity contribution in [2.24, 2.45) is 0 Å². The van der Waals surface area contributed by atoms with Gasteiger partial charge in [0.2, 0.25) is 5.91 Å². The zero-order chi connectivity index (χ0) is 18.2. The van der Waals surface area contributed by atoms with E-state index < -0.39 is 5.97 Å². The van der Waals surface area contributed by atoms with Crippen molar-refractivity contribution in [1.29, 1.82) is 0 Å². The highest BCUT2D eigenvalue weighted by Gasteiger charge is 2.09. The monoisotopic (exact) mass is 339 g/mol. The highest BCUT2D eigenvalue weighted by Crippen LogP contribution is 2.09. The van der Waals surface area contributed by atoms with Crippen LogP contribution in [-0.2, 0) is 17.8 Å². The summed E-state index contributed by atoms with van der Waals surface area (Å²) in [5, 5.41) is 11.6. The maximum Gasteiger partial charge on any atom is 0.335 e. The molecule has 0 aliphatic rings. The molecule has 2 aromatic rings. The predicted octanol–water partition coefficient (Wildman–Crippen LogP) is 3.23. The predicted molar refractivity (Wildman–Crippen MR) is 94.6 cm³/mol. The van der Waals surface area contributed by atoms with Crippen LogP contribution in [0.3, 0.4) is 0 Å². The molecule has 2 aromatic carbocycles. The van der Waals surface area contributed by atoms with Gasteiger partial charge in [0, 0.05) is 24.9 Å². The molecular formula is C20H21NO4. The standard InChI is InChI=1S/C20H21NO4/c1-2-14-3-7-16(8-4-14)18(22)11-12-19(23)21-13-15-5-9-17(10-6-15)20(24)25/h3-10H,2,11-13H2,1H3,(H,21,23)(H,24,25). The third kappa shape index (κ3) is 5.57. The summed E-state index contributed by atoms with van der Waals surface area (Å²) in [6.45, 7) is 2.36. The molecule has 0 spiro atoms. The van der Waals surface area contributed by atoms with E-state index in [1.165, 1.54) is 17.7 Å². The topological polar surface area (TPSA) is 83.5 Å². The second-order valence-electron chi connectivity index (χ2n) is 5.75. The molecule has 1 amide bonds. The number of carbonyl (C=O) groups excluding carboxylic acids is 2. The van der Waals surface area contributed by atoms with Gasteiger partial charge in [-0.3, -0.25) is 9.59 Å². The van der Waals surface area contributed by atoms with Gasteiger partial charge in [-0.15, -0.1) is 0 Å². The molecule has 0 aliphatic heterocycles. The Morgan fingerprint density at radius 3 is 1.96 bits per heavy atom. The van der Waals surface area contributed by atoms with Crippen molar-refractivity contribution in [2.75, 3.05) is 0 Å². The lowest BCUT2D eigenvalue weighted by Gasteiger charge is -2.06. The normalized spacial score (nSPS) is 10.3. The van der Waals surface area contributed by atoms with E-state index in [2.05, 4.69) is 12.2 Å². The van der Waals surface area contributed by atoms with E-state index in [1.54, 1.807) is 24.3 Å². The summed E-state index contributed by atoms with van der Waals surface area (Å²) < 4.78 is 0. The average molecular weight is 339 g/mol. The molecule has 0 radical (unpaired) electrons. The first-order valence-corrected chi connectivity index (χ1v) is 8.20. The van der Waals surface area contributed by atoms with Crippen molar-refractivity contribution in [2.45, 2.75) is 32.7 Å². The number of hydrogen-bond acceptors (Lipinski definition) is 3. The van der Waals surface area contributed by atoms with Gasteiger partial charge in [-0.05, 0) is 29.7 Å². The van der Waals surface area contributed by atoms with E-state index in [0.717, 1.165) is 12.0 Å². The third-order valence-corrected chi connectivity index (χ3v) is 3.95. The fraction of sp³-hybridized carbons (Fsp3) is 0.250. The second-order valence-corrected chi connectivity index (χ2v) is 5.75. The van der Waals surface area contributed by atoms with Crippen LogP contribution in [0.1, 0.15) is 51.6 Å². The van der Waals surface area contributed by atoms with Crippen molar-refractivity contribution in [1.82, 2.24) is 5.32 Å². The zero-order valence-electron chi connectivity index (χ0n) is 14.1. The number of Topliss-reactive ketones (excluding diaryl/α,β-unsaturated/α-hetero) is 1. The van der Waals surface area contributed by atoms with E-state index in [4.69, 9.17) is 5.11 Å². The van der Waals surface area contributed by atoms with Crippen LogP contribution in [0.15, 0.2) is 48.5 Å². The summed E-state index contributed by atoms with van der Waals surface area (Å²) in [4.78, 5) is 34.7. The van der Waals surface area contributed by atoms with Crippen LogP contribution in [0, 0.1) is 0 Å². The summed E-state index contributed by atoms with van der Waals surface area (Å²) in [6.07, 6.45) is 1.21. The molecule has 0 bridgehead atoms. The van der Waals surface area contributed by atoms with Gasteiger partial charge in [-0.1, -0.05) is 43.3 Å². The molecule has 0 aliphatic carbocycles. The molecule has 0 aromatic heterocycles. The Morgan fingerprint density at radius 2 is 1.40 bits per heavy atom. The van der Waals surface area contributed by atoms with Crippen molar-refractivity contribution in [3.8, 4) is 0 Å². The van der Waals surface area contributed by atoms with Crippen molar-refractivity contribution in [3.05, 3.63) is 70.8 Å². The quantitative estimate of drug-likeness (QED) is 0.723. The Balaban J connectivity index is 1.77. The van der Waals surface area contributed by atoms with Crippen LogP contribution < -0.4 is 5.32 Å². The molecular weight excluding hydrogens is 318 g/mol. The summed E-state index contributed by atoms with van der Waals surface area (Å²) in [5.74, 6) is -1.24. The molecule has 0 atom stereocenters. The third-order valence-electron chi connectivity index (χ3n) is 3.95. The minimum atomic E-state index is -0.985. The number of aryl methyl sites for hydroxylation is 1. The van der Waals surface area contributed by atoms with Gasteiger partial charge in [0.15, 0.2) is 5.78 Å². The van der Waals surface area contributed by atoms with Crippen LogP contribution in [0.5, 0.6) is 0 Å². The molecule has 0 fully saturated rings. The number of hydrogen-bond donors (Lipinski definition) is 2. The molecule has 2 rings (SSSR count). The van der Waals surface area contributed by atoms with Crippen molar-refractivity contribution in [3.63, 3.8) is 0 Å². The fourth-order valence-corrected chi connectivity index (χ4v) is 2.35. The zero-order valence-corrected chi connectivity index (χ0v) is 14.1. The molecule has 0 saturated carbocycles. The summed E-state index contributed by atoms with van der Waals surface area (Å²) in [6, 6.07) is 13.7. The lowest BCUT2D eigenvalue weighted by molar-refractivity contribution is -0.121. The number of ketones is 1. The van der Waals surface area contributed by atoms with Gasteiger partial charge in [-0.2, -0.15) is 0 Å². The first kappa shape index (κ1) is 18.4. The highest BCUT2D eigenvalue weighted by molar-refractivity contribution is 5.98.